The quantitative estimate of drug-likeness (QED) is 0.803. The number of ether oxygens (including phenoxy) is 2. The van der Waals surface area contributed by atoms with Crippen molar-refractivity contribution in [2.24, 2.45) is 0 Å². The van der Waals surface area contributed by atoms with E-state index in [9.17, 15) is 8.42 Å². The summed E-state index contributed by atoms with van der Waals surface area (Å²) in [4.78, 5) is 2.49. The first-order chi connectivity index (χ1) is 12.5. The van der Waals surface area contributed by atoms with Crippen LogP contribution in [0.4, 0.5) is 5.69 Å². The number of rotatable bonds is 5. The molecule has 1 fully saturated rings. The minimum absolute atomic E-state index is 0.311. The molecule has 6 nitrogen and oxygen atoms in total. The normalized spacial score (nSPS) is 15.7. The Morgan fingerprint density at radius 1 is 0.923 bits per heavy atom. The van der Waals surface area contributed by atoms with Gasteiger partial charge in [0, 0.05) is 37.9 Å². The summed E-state index contributed by atoms with van der Waals surface area (Å²) in [5, 5.41) is 0. The molecule has 2 aromatic rings. The smallest absolute Gasteiger partial charge is 0.243 e. The molecule has 0 aliphatic carbocycles. The van der Waals surface area contributed by atoms with Crippen molar-refractivity contribution in [3.63, 3.8) is 0 Å². The van der Waals surface area contributed by atoms with Gasteiger partial charge in [-0.05, 0) is 42.8 Å². The number of piperazine rings is 1. The van der Waals surface area contributed by atoms with Crippen molar-refractivity contribution in [1.29, 1.82) is 0 Å². The van der Waals surface area contributed by atoms with Crippen LogP contribution in [0.15, 0.2) is 47.4 Å². The van der Waals surface area contributed by atoms with Gasteiger partial charge in [0.25, 0.3) is 0 Å². The van der Waals surface area contributed by atoms with Gasteiger partial charge in [-0.1, -0.05) is 6.07 Å². The van der Waals surface area contributed by atoms with E-state index in [-0.39, 0.29) is 0 Å². The lowest BCUT2D eigenvalue weighted by Crippen LogP contribution is -2.48. The minimum Gasteiger partial charge on any atom is -0.497 e. The average Bonchev–Trinajstić information content (AvgIpc) is 2.68. The molecule has 0 spiro atoms. The molecule has 0 atom stereocenters. The van der Waals surface area contributed by atoms with Gasteiger partial charge in [-0.25, -0.2) is 8.42 Å². The Hall–Kier alpha value is -2.25. The lowest BCUT2D eigenvalue weighted by atomic mass is 10.2. The number of methoxy groups -OCH3 is 2. The maximum atomic E-state index is 12.9. The Kier molecular flexibility index (Phi) is 5.38. The first-order valence-corrected chi connectivity index (χ1v) is 9.93. The molecule has 1 aliphatic rings. The summed E-state index contributed by atoms with van der Waals surface area (Å²) in [6, 6.07) is 12.8. The number of anilines is 1. The maximum Gasteiger partial charge on any atom is 0.243 e. The summed E-state index contributed by atoms with van der Waals surface area (Å²) < 4.78 is 37.9. The fourth-order valence-corrected chi connectivity index (χ4v) is 4.66. The zero-order valence-electron chi connectivity index (χ0n) is 15.3. The average molecular weight is 376 g/mol. The SMILES string of the molecule is COc1cccc(N2CCN(S(=O)(=O)c3ccc(OC)c(C)c3)CC2)c1. The number of hydrogen-bond acceptors (Lipinski definition) is 5. The van der Waals surface area contributed by atoms with Gasteiger partial charge >= 0.3 is 0 Å². The Balaban J connectivity index is 1.73. The van der Waals surface area contributed by atoms with Crippen LogP contribution in [0.5, 0.6) is 11.5 Å². The third kappa shape index (κ3) is 3.64. The van der Waals surface area contributed by atoms with E-state index in [0.29, 0.717) is 36.8 Å². The van der Waals surface area contributed by atoms with Crippen molar-refractivity contribution in [3.05, 3.63) is 48.0 Å². The number of benzene rings is 2. The summed E-state index contributed by atoms with van der Waals surface area (Å²) in [7, 11) is -0.284. The largest absolute Gasteiger partial charge is 0.497 e. The van der Waals surface area contributed by atoms with E-state index >= 15 is 0 Å². The molecular weight excluding hydrogens is 352 g/mol. The van der Waals surface area contributed by atoms with E-state index in [1.807, 2.05) is 31.2 Å². The lowest BCUT2D eigenvalue weighted by molar-refractivity contribution is 0.383. The first kappa shape index (κ1) is 18.5. The molecule has 1 saturated heterocycles. The molecule has 0 saturated carbocycles. The number of hydrogen-bond donors (Lipinski definition) is 0. The van der Waals surface area contributed by atoms with E-state index in [1.165, 1.54) is 0 Å². The minimum atomic E-state index is -3.50. The van der Waals surface area contributed by atoms with Crippen molar-refractivity contribution in [2.45, 2.75) is 11.8 Å². The van der Waals surface area contributed by atoms with Gasteiger partial charge in [0.15, 0.2) is 0 Å². The molecule has 26 heavy (non-hydrogen) atoms. The molecule has 7 heteroatoms. The Labute approximate surface area is 155 Å². The Morgan fingerprint density at radius 2 is 1.65 bits per heavy atom. The summed E-state index contributed by atoms with van der Waals surface area (Å²) in [6.45, 7) is 4.02. The molecule has 0 unspecified atom stereocenters. The highest BCUT2D eigenvalue weighted by molar-refractivity contribution is 7.89. The topological polar surface area (TPSA) is 59.1 Å². The molecule has 0 aromatic heterocycles. The zero-order chi connectivity index (χ0) is 18.7. The van der Waals surface area contributed by atoms with Crippen LogP contribution in [-0.2, 0) is 10.0 Å². The van der Waals surface area contributed by atoms with E-state index in [0.717, 1.165) is 17.0 Å². The van der Waals surface area contributed by atoms with Gasteiger partial charge in [0.05, 0.1) is 19.1 Å². The van der Waals surface area contributed by atoms with Gasteiger partial charge in [-0.15, -0.1) is 0 Å². The van der Waals surface area contributed by atoms with Crippen molar-refractivity contribution in [1.82, 2.24) is 4.31 Å². The monoisotopic (exact) mass is 376 g/mol. The molecule has 0 amide bonds. The fraction of sp³-hybridized carbons (Fsp3) is 0.368. The lowest BCUT2D eigenvalue weighted by Gasteiger charge is -2.35. The first-order valence-electron chi connectivity index (χ1n) is 8.49. The Morgan fingerprint density at radius 3 is 2.27 bits per heavy atom. The second kappa shape index (κ2) is 7.55. The highest BCUT2D eigenvalue weighted by Crippen LogP contribution is 2.26. The van der Waals surface area contributed by atoms with Gasteiger partial charge in [-0.2, -0.15) is 4.31 Å². The van der Waals surface area contributed by atoms with Crippen molar-refractivity contribution in [3.8, 4) is 11.5 Å². The number of sulfonamides is 1. The highest BCUT2D eigenvalue weighted by atomic mass is 32.2. The van der Waals surface area contributed by atoms with E-state index in [4.69, 9.17) is 9.47 Å². The van der Waals surface area contributed by atoms with Crippen molar-refractivity contribution in [2.75, 3.05) is 45.3 Å². The molecule has 2 aromatic carbocycles. The van der Waals surface area contributed by atoms with Crippen LogP contribution in [0.1, 0.15) is 5.56 Å². The summed E-state index contributed by atoms with van der Waals surface area (Å²) >= 11 is 0. The summed E-state index contributed by atoms with van der Waals surface area (Å²) in [6.07, 6.45) is 0. The van der Waals surface area contributed by atoms with Gasteiger partial charge in [-0.3, -0.25) is 0 Å². The van der Waals surface area contributed by atoms with Crippen LogP contribution in [-0.4, -0.2) is 53.1 Å². The van der Waals surface area contributed by atoms with Crippen LogP contribution in [0.2, 0.25) is 0 Å². The van der Waals surface area contributed by atoms with Gasteiger partial charge < -0.3 is 14.4 Å². The zero-order valence-corrected chi connectivity index (χ0v) is 16.1. The molecule has 0 bridgehead atoms. The fourth-order valence-electron chi connectivity index (χ4n) is 3.15. The molecule has 140 valence electrons. The van der Waals surface area contributed by atoms with Gasteiger partial charge in [0.1, 0.15) is 11.5 Å². The third-order valence-corrected chi connectivity index (χ3v) is 6.56. The highest BCUT2D eigenvalue weighted by Gasteiger charge is 2.29. The second-order valence-corrected chi connectivity index (χ2v) is 8.16. The number of nitrogens with zero attached hydrogens (tertiary/aromatic N) is 2. The molecule has 0 N–H and O–H groups in total. The summed E-state index contributed by atoms with van der Waals surface area (Å²) in [5.41, 5.74) is 1.85. The summed E-state index contributed by atoms with van der Waals surface area (Å²) in [5.74, 6) is 1.48. The van der Waals surface area contributed by atoms with Gasteiger partial charge in [0.2, 0.25) is 10.0 Å². The van der Waals surface area contributed by atoms with Crippen LogP contribution in [0, 0.1) is 6.92 Å². The standard InChI is InChI=1S/C19H24N2O4S/c1-15-13-18(7-8-19(15)25-3)26(22,23)21-11-9-20(10-12-21)16-5-4-6-17(14-16)24-2/h4-8,13-14H,9-12H2,1-3H3. The molecule has 0 radical (unpaired) electrons. The molecule has 1 aliphatic heterocycles. The third-order valence-electron chi connectivity index (χ3n) is 4.66. The maximum absolute atomic E-state index is 12.9. The van der Waals surface area contributed by atoms with Crippen molar-refractivity contribution < 1.29 is 17.9 Å². The predicted molar refractivity (Wildman–Crippen MR) is 102 cm³/mol. The second-order valence-electron chi connectivity index (χ2n) is 6.22. The Bertz CT molecular complexity index is 875. The molecule has 3 rings (SSSR count). The van der Waals surface area contributed by atoms with Crippen LogP contribution in [0.3, 0.4) is 0 Å². The van der Waals surface area contributed by atoms with Crippen LogP contribution in [0.25, 0.3) is 0 Å². The van der Waals surface area contributed by atoms with E-state index in [1.54, 1.807) is 36.7 Å². The van der Waals surface area contributed by atoms with Crippen LogP contribution >= 0.6 is 0 Å². The molecular formula is C19H24N2O4S. The van der Waals surface area contributed by atoms with E-state index in [2.05, 4.69) is 4.90 Å². The van der Waals surface area contributed by atoms with Crippen LogP contribution < -0.4 is 14.4 Å². The van der Waals surface area contributed by atoms with Crippen molar-refractivity contribution >= 4 is 15.7 Å². The number of aryl methyl sites for hydroxylation is 1. The molecule has 1 heterocycles. The van der Waals surface area contributed by atoms with E-state index < -0.39 is 10.0 Å². The predicted octanol–water partition coefficient (Wildman–Crippen LogP) is 2.52.